The zero-order valence-electron chi connectivity index (χ0n) is 17.2. The quantitative estimate of drug-likeness (QED) is 0.442. The molecule has 0 saturated carbocycles. The fourth-order valence-corrected chi connectivity index (χ4v) is 5.89. The Hall–Kier alpha value is -2.32. The van der Waals surface area contributed by atoms with E-state index in [2.05, 4.69) is 5.32 Å². The van der Waals surface area contributed by atoms with Crippen LogP contribution < -0.4 is 15.6 Å². The number of hydrogen-bond donors (Lipinski definition) is 1. The molecule has 2 heterocycles. The Morgan fingerprint density at radius 2 is 2.10 bits per heavy atom. The second-order valence-corrected chi connectivity index (χ2v) is 9.26. The van der Waals surface area contributed by atoms with Crippen LogP contribution in [0.3, 0.4) is 0 Å². The van der Waals surface area contributed by atoms with Crippen LogP contribution in [0.2, 0.25) is 0 Å². The lowest BCUT2D eigenvalue weighted by molar-refractivity contribution is -0.118. The van der Waals surface area contributed by atoms with Gasteiger partial charge in [0.25, 0.3) is 5.56 Å². The van der Waals surface area contributed by atoms with Crippen molar-refractivity contribution in [2.75, 3.05) is 19.4 Å². The van der Waals surface area contributed by atoms with E-state index in [1.165, 1.54) is 16.6 Å². The van der Waals surface area contributed by atoms with Gasteiger partial charge in [-0.05, 0) is 49.8 Å². The molecular weight excluding hydrogens is 418 g/mol. The molecule has 1 aromatic carbocycles. The molecule has 0 fully saturated rings. The minimum Gasteiger partial charge on any atom is -0.495 e. The first kappa shape index (κ1) is 20.9. The zero-order valence-corrected chi connectivity index (χ0v) is 18.8. The van der Waals surface area contributed by atoms with E-state index in [1.54, 1.807) is 23.0 Å². The van der Waals surface area contributed by atoms with Crippen molar-refractivity contribution in [3.05, 3.63) is 45.1 Å². The number of benzene rings is 1. The van der Waals surface area contributed by atoms with Crippen molar-refractivity contribution in [2.24, 2.45) is 0 Å². The van der Waals surface area contributed by atoms with E-state index in [-0.39, 0.29) is 17.2 Å². The highest BCUT2D eigenvalue weighted by Crippen LogP contribution is 2.36. The van der Waals surface area contributed by atoms with Gasteiger partial charge >= 0.3 is 0 Å². The van der Waals surface area contributed by atoms with Crippen molar-refractivity contribution in [3.8, 4) is 11.4 Å². The maximum absolute atomic E-state index is 13.7. The molecule has 158 valence electrons. The topological polar surface area (TPSA) is 73.2 Å². The molecule has 0 atom stereocenters. The standard InChI is InChI=1S/C22H25N3O3S2/c1-3-12-23-18(26)13-29-22-24-20-19(14-8-4-7-11-17(14)30-20)21(27)25(22)15-9-5-6-10-16(15)28-2/h5-6,9-10H,3-4,7-8,11-13H2,1-2H3,(H,23,26). The highest BCUT2D eigenvalue weighted by molar-refractivity contribution is 7.99. The Morgan fingerprint density at radius 3 is 2.90 bits per heavy atom. The summed E-state index contributed by atoms with van der Waals surface area (Å²) in [5, 5.41) is 4.12. The van der Waals surface area contributed by atoms with Crippen LogP contribution in [0.1, 0.15) is 36.6 Å². The Bertz CT molecular complexity index is 1140. The van der Waals surface area contributed by atoms with Gasteiger partial charge in [0, 0.05) is 11.4 Å². The van der Waals surface area contributed by atoms with Crippen LogP contribution in [0.15, 0.2) is 34.2 Å². The molecular formula is C22H25N3O3S2. The number of carbonyl (C=O) groups is 1. The Labute approximate surface area is 183 Å². The first-order valence-electron chi connectivity index (χ1n) is 10.2. The second kappa shape index (κ2) is 9.22. The molecule has 2 aromatic heterocycles. The van der Waals surface area contributed by atoms with E-state index < -0.39 is 0 Å². The molecule has 1 aliphatic rings. The first-order valence-corrected chi connectivity index (χ1v) is 12.0. The highest BCUT2D eigenvalue weighted by atomic mass is 32.2. The number of carbonyl (C=O) groups excluding carboxylic acids is 1. The number of aromatic nitrogens is 2. The number of ether oxygens (including phenoxy) is 1. The summed E-state index contributed by atoms with van der Waals surface area (Å²) in [5.41, 5.74) is 1.71. The van der Waals surface area contributed by atoms with Crippen LogP contribution in [0.5, 0.6) is 5.75 Å². The van der Waals surface area contributed by atoms with Gasteiger partial charge in [0.2, 0.25) is 5.91 Å². The number of hydrogen-bond acceptors (Lipinski definition) is 6. The highest BCUT2D eigenvalue weighted by Gasteiger charge is 2.24. The number of thioether (sulfide) groups is 1. The summed E-state index contributed by atoms with van der Waals surface area (Å²) < 4.78 is 7.13. The maximum Gasteiger partial charge on any atom is 0.267 e. The number of aryl methyl sites for hydroxylation is 2. The normalized spacial score (nSPS) is 13.3. The minimum absolute atomic E-state index is 0.0618. The number of amides is 1. The van der Waals surface area contributed by atoms with E-state index in [0.29, 0.717) is 23.1 Å². The lowest BCUT2D eigenvalue weighted by Crippen LogP contribution is -2.27. The van der Waals surface area contributed by atoms with Crippen molar-refractivity contribution in [2.45, 2.75) is 44.2 Å². The molecule has 0 aliphatic heterocycles. The molecule has 0 saturated heterocycles. The average Bonchev–Trinajstić information content (AvgIpc) is 3.15. The summed E-state index contributed by atoms with van der Waals surface area (Å²) in [6.45, 7) is 2.66. The van der Waals surface area contributed by atoms with Crippen molar-refractivity contribution in [3.63, 3.8) is 0 Å². The molecule has 6 nitrogen and oxygen atoms in total. The van der Waals surface area contributed by atoms with Gasteiger partial charge in [0.05, 0.1) is 23.9 Å². The first-order chi connectivity index (χ1) is 14.6. The van der Waals surface area contributed by atoms with Crippen LogP contribution >= 0.6 is 23.1 Å². The summed E-state index contributed by atoms with van der Waals surface area (Å²) >= 11 is 2.91. The fourth-order valence-electron chi connectivity index (χ4n) is 3.76. The number of thiophene rings is 1. The summed E-state index contributed by atoms with van der Waals surface area (Å²) in [7, 11) is 1.59. The predicted octanol–water partition coefficient (Wildman–Crippen LogP) is 3.95. The van der Waals surface area contributed by atoms with E-state index >= 15 is 0 Å². The van der Waals surface area contributed by atoms with Crippen LogP contribution in [-0.4, -0.2) is 34.9 Å². The molecule has 1 aliphatic carbocycles. The van der Waals surface area contributed by atoms with Gasteiger partial charge < -0.3 is 10.1 Å². The molecule has 0 unspecified atom stereocenters. The summed E-state index contributed by atoms with van der Waals surface area (Å²) in [6, 6.07) is 7.43. The van der Waals surface area contributed by atoms with E-state index in [4.69, 9.17) is 9.72 Å². The molecule has 1 amide bonds. The van der Waals surface area contributed by atoms with Gasteiger partial charge in [-0.3, -0.25) is 14.2 Å². The molecule has 0 bridgehead atoms. The lowest BCUT2D eigenvalue weighted by atomic mass is 9.97. The molecule has 4 rings (SSSR count). The van der Waals surface area contributed by atoms with Gasteiger partial charge in [-0.1, -0.05) is 30.8 Å². The molecule has 30 heavy (non-hydrogen) atoms. The summed E-state index contributed by atoms with van der Waals surface area (Å²) in [4.78, 5) is 32.8. The largest absolute Gasteiger partial charge is 0.495 e. The zero-order chi connectivity index (χ0) is 21.1. The minimum atomic E-state index is -0.0830. The third kappa shape index (κ3) is 3.98. The summed E-state index contributed by atoms with van der Waals surface area (Å²) in [5.74, 6) is 0.744. The lowest BCUT2D eigenvalue weighted by Gasteiger charge is -2.15. The van der Waals surface area contributed by atoms with Crippen LogP contribution in [0, 0.1) is 0 Å². The molecule has 0 spiro atoms. The van der Waals surface area contributed by atoms with Crippen LogP contribution in [0.4, 0.5) is 0 Å². The van der Waals surface area contributed by atoms with E-state index in [1.807, 2.05) is 31.2 Å². The number of methoxy groups -OCH3 is 1. The predicted molar refractivity (Wildman–Crippen MR) is 122 cm³/mol. The third-order valence-corrected chi connectivity index (χ3v) is 7.31. The van der Waals surface area contributed by atoms with Gasteiger partial charge in [-0.2, -0.15) is 0 Å². The van der Waals surface area contributed by atoms with E-state index in [0.717, 1.165) is 47.9 Å². The monoisotopic (exact) mass is 443 g/mol. The number of rotatable bonds is 7. The van der Waals surface area contributed by atoms with Crippen molar-refractivity contribution in [1.82, 2.24) is 14.9 Å². The Morgan fingerprint density at radius 1 is 1.30 bits per heavy atom. The Balaban J connectivity index is 1.86. The van der Waals surface area contributed by atoms with Crippen molar-refractivity contribution in [1.29, 1.82) is 0 Å². The van der Waals surface area contributed by atoms with Gasteiger partial charge in [0.1, 0.15) is 10.6 Å². The SMILES string of the molecule is CCCNC(=O)CSc1nc2sc3c(c2c(=O)n1-c1ccccc1OC)CCCC3. The molecule has 3 aromatic rings. The van der Waals surface area contributed by atoms with Gasteiger partial charge in [0.15, 0.2) is 5.16 Å². The number of para-hydroxylation sites is 2. The smallest absolute Gasteiger partial charge is 0.267 e. The Kier molecular flexibility index (Phi) is 6.43. The van der Waals surface area contributed by atoms with Crippen LogP contribution in [-0.2, 0) is 17.6 Å². The second-order valence-electron chi connectivity index (χ2n) is 7.24. The van der Waals surface area contributed by atoms with Crippen molar-refractivity contribution < 1.29 is 9.53 Å². The average molecular weight is 444 g/mol. The fraction of sp³-hybridized carbons (Fsp3) is 0.409. The molecule has 1 N–H and O–H groups in total. The number of fused-ring (bicyclic) bond motifs is 3. The van der Waals surface area contributed by atoms with E-state index in [9.17, 15) is 9.59 Å². The van der Waals surface area contributed by atoms with Gasteiger partial charge in [-0.15, -0.1) is 11.3 Å². The maximum atomic E-state index is 13.7. The third-order valence-electron chi connectivity index (χ3n) is 5.19. The van der Waals surface area contributed by atoms with Crippen LogP contribution in [0.25, 0.3) is 15.9 Å². The molecule has 8 heteroatoms. The number of nitrogens with one attached hydrogen (secondary N) is 1. The summed E-state index contributed by atoms with van der Waals surface area (Å²) in [6.07, 6.45) is 5.06. The molecule has 0 radical (unpaired) electrons. The van der Waals surface area contributed by atoms with Crippen molar-refractivity contribution >= 4 is 39.2 Å². The van der Waals surface area contributed by atoms with Gasteiger partial charge in [-0.25, -0.2) is 4.98 Å². The number of nitrogens with zero attached hydrogens (tertiary/aromatic N) is 2.